The molecule has 2 atom stereocenters. The van der Waals surface area contributed by atoms with E-state index in [4.69, 9.17) is 4.74 Å². The molecule has 0 unspecified atom stereocenters. The third-order valence-corrected chi connectivity index (χ3v) is 2.29. The Kier molecular flexibility index (Phi) is 0.487. The van der Waals surface area contributed by atoms with Crippen LogP contribution in [-0.2, 0) is 4.74 Å². The standard InChI is InChI=1S/C6H10O/c1-6-2-5(6)3-7-4-6/h5H,2-4H2,1H3/t5-,6-/m1/s1. The molecule has 2 fully saturated rings. The largest absolute Gasteiger partial charge is 0.381 e. The number of ether oxygens (including phenoxy) is 1. The summed E-state index contributed by atoms with van der Waals surface area (Å²) in [4.78, 5) is 0. The fourth-order valence-electron chi connectivity index (χ4n) is 1.38. The Morgan fingerprint density at radius 3 is 2.71 bits per heavy atom. The fourth-order valence-corrected chi connectivity index (χ4v) is 1.38. The molecule has 0 N–H and O–H groups in total. The van der Waals surface area contributed by atoms with Gasteiger partial charge in [-0.2, -0.15) is 0 Å². The lowest BCUT2D eigenvalue weighted by atomic mass is 10.1. The van der Waals surface area contributed by atoms with Crippen LogP contribution in [0, 0.1) is 11.3 Å². The van der Waals surface area contributed by atoms with Crippen molar-refractivity contribution in [3.05, 3.63) is 0 Å². The summed E-state index contributed by atoms with van der Waals surface area (Å²) in [6.45, 7) is 4.37. The molecule has 1 heteroatoms. The Hall–Kier alpha value is -0.0400. The van der Waals surface area contributed by atoms with Crippen molar-refractivity contribution >= 4 is 0 Å². The summed E-state index contributed by atoms with van der Waals surface area (Å²) in [6.07, 6.45) is 1.42. The monoisotopic (exact) mass is 98.1 g/mol. The van der Waals surface area contributed by atoms with E-state index in [-0.39, 0.29) is 0 Å². The molecule has 0 bridgehead atoms. The van der Waals surface area contributed by atoms with Crippen LogP contribution in [0.25, 0.3) is 0 Å². The molecule has 1 saturated carbocycles. The average Bonchev–Trinajstić information content (AvgIpc) is 2.09. The highest BCUT2D eigenvalue weighted by atomic mass is 16.5. The number of hydrogen-bond acceptors (Lipinski definition) is 1. The van der Waals surface area contributed by atoms with E-state index in [0.29, 0.717) is 5.41 Å². The third-order valence-electron chi connectivity index (χ3n) is 2.29. The molecule has 0 spiro atoms. The molecule has 2 rings (SSSR count). The molecule has 0 amide bonds. The van der Waals surface area contributed by atoms with Crippen molar-refractivity contribution in [2.24, 2.45) is 11.3 Å². The molecule has 1 aliphatic heterocycles. The Bertz CT molecular complexity index is 98.4. The van der Waals surface area contributed by atoms with Gasteiger partial charge in [0, 0.05) is 0 Å². The first-order valence-corrected chi connectivity index (χ1v) is 2.89. The Morgan fingerprint density at radius 2 is 2.57 bits per heavy atom. The summed E-state index contributed by atoms with van der Waals surface area (Å²) in [6, 6.07) is 0. The van der Waals surface area contributed by atoms with Crippen LogP contribution in [0.5, 0.6) is 0 Å². The van der Waals surface area contributed by atoms with Crippen LogP contribution in [0.15, 0.2) is 0 Å². The molecule has 7 heavy (non-hydrogen) atoms. The highest BCUT2D eigenvalue weighted by molar-refractivity contribution is 5.02. The van der Waals surface area contributed by atoms with Gasteiger partial charge in [0.05, 0.1) is 13.2 Å². The van der Waals surface area contributed by atoms with Crippen LogP contribution >= 0.6 is 0 Å². The smallest absolute Gasteiger partial charge is 0.0523 e. The quantitative estimate of drug-likeness (QED) is 0.440. The van der Waals surface area contributed by atoms with Gasteiger partial charge < -0.3 is 4.74 Å². The zero-order chi connectivity index (χ0) is 4.91. The van der Waals surface area contributed by atoms with Crippen LogP contribution in [0.2, 0.25) is 0 Å². The van der Waals surface area contributed by atoms with E-state index in [1.165, 1.54) is 6.42 Å². The molecule has 40 valence electrons. The number of hydrogen-bond donors (Lipinski definition) is 0. The maximum Gasteiger partial charge on any atom is 0.0523 e. The van der Waals surface area contributed by atoms with Gasteiger partial charge in [-0.1, -0.05) is 6.92 Å². The van der Waals surface area contributed by atoms with Crippen molar-refractivity contribution in [1.29, 1.82) is 0 Å². The van der Waals surface area contributed by atoms with Gasteiger partial charge in [-0.15, -0.1) is 0 Å². The molecule has 1 aliphatic carbocycles. The van der Waals surface area contributed by atoms with Crippen molar-refractivity contribution in [3.8, 4) is 0 Å². The SMILES string of the molecule is C[C@@]12COC[C@H]1C2. The van der Waals surface area contributed by atoms with Crippen LogP contribution in [0.3, 0.4) is 0 Å². The average molecular weight is 98.1 g/mol. The summed E-state index contributed by atoms with van der Waals surface area (Å²) in [5.74, 6) is 0.937. The van der Waals surface area contributed by atoms with E-state index in [1.54, 1.807) is 0 Å². The summed E-state index contributed by atoms with van der Waals surface area (Å²) < 4.78 is 5.21. The van der Waals surface area contributed by atoms with Crippen molar-refractivity contribution in [1.82, 2.24) is 0 Å². The van der Waals surface area contributed by atoms with Crippen LogP contribution < -0.4 is 0 Å². The Morgan fingerprint density at radius 1 is 1.71 bits per heavy atom. The molecule has 2 aliphatic rings. The van der Waals surface area contributed by atoms with E-state index in [0.717, 1.165) is 19.1 Å². The second-order valence-corrected chi connectivity index (χ2v) is 3.07. The zero-order valence-electron chi connectivity index (χ0n) is 4.61. The molecule has 1 heterocycles. The first-order valence-electron chi connectivity index (χ1n) is 2.89. The van der Waals surface area contributed by atoms with E-state index in [2.05, 4.69) is 6.92 Å². The number of rotatable bonds is 0. The van der Waals surface area contributed by atoms with E-state index in [9.17, 15) is 0 Å². The van der Waals surface area contributed by atoms with Crippen LogP contribution in [0.4, 0.5) is 0 Å². The van der Waals surface area contributed by atoms with Gasteiger partial charge in [-0.05, 0) is 17.8 Å². The molecule has 0 radical (unpaired) electrons. The summed E-state index contributed by atoms with van der Waals surface area (Å²) in [5, 5.41) is 0. The van der Waals surface area contributed by atoms with Gasteiger partial charge in [0.25, 0.3) is 0 Å². The van der Waals surface area contributed by atoms with Crippen molar-refractivity contribution in [2.75, 3.05) is 13.2 Å². The lowest BCUT2D eigenvalue weighted by Crippen LogP contribution is -1.96. The minimum absolute atomic E-state index is 0.639. The molecule has 0 aromatic heterocycles. The van der Waals surface area contributed by atoms with Gasteiger partial charge in [0.1, 0.15) is 0 Å². The van der Waals surface area contributed by atoms with Crippen molar-refractivity contribution in [2.45, 2.75) is 13.3 Å². The highest BCUT2D eigenvalue weighted by Crippen LogP contribution is 2.56. The first kappa shape index (κ1) is 3.90. The second kappa shape index (κ2) is 0.873. The normalized spacial score (nSPS) is 57.0. The highest BCUT2D eigenvalue weighted by Gasteiger charge is 2.54. The first-order chi connectivity index (χ1) is 3.31. The van der Waals surface area contributed by atoms with Crippen molar-refractivity contribution in [3.63, 3.8) is 0 Å². The second-order valence-electron chi connectivity index (χ2n) is 3.07. The molecule has 1 nitrogen and oxygen atoms in total. The molecule has 0 aromatic carbocycles. The maximum absolute atomic E-state index is 5.21. The molecule has 0 aromatic rings. The van der Waals surface area contributed by atoms with Crippen LogP contribution in [0.1, 0.15) is 13.3 Å². The van der Waals surface area contributed by atoms with Gasteiger partial charge in [0.2, 0.25) is 0 Å². The van der Waals surface area contributed by atoms with Gasteiger partial charge in [-0.3, -0.25) is 0 Å². The maximum atomic E-state index is 5.21. The van der Waals surface area contributed by atoms with Gasteiger partial charge >= 0.3 is 0 Å². The van der Waals surface area contributed by atoms with Crippen LogP contribution in [-0.4, -0.2) is 13.2 Å². The van der Waals surface area contributed by atoms with E-state index >= 15 is 0 Å². The lowest BCUT2D eigenvalue weighted by molar-refractivity contribution is 0.151. The Labute approximate surface area is 43.7 Å². The third kappa shape index (κ3) is 0.367. The minimum atomic E-state index is 0.639. The zero-order valence-corrected chi connectivity index (χ0v) is 4.61. The predicted octanol–water partition coefficient (Wildman–Crippen LogP) is 1.04. The fraction of sp³-hybridized carbons (Fsp3) is 1.00. The molecular formula is C6H10O. The summed E-state index contributed by atoms with van der Waals surface area (Å²) in [7, 11) is 0. The van der Waals surface area contributed by atoms with Crippen molar-refractivity contribution < 1.29 is 4.74 Å². The summed E-state index contributed by atoms with van der Waals surface area (Å²) in [5.41, 5.74) is 0.639. The van der Waals surface area contributed by atoms with Gasteiger partial charge in [-0.25, -0.2) is 0 Å². The predicted molar refractivity (Wildman–Crippen MR) is 27.0 cm³/mol. The Balaban J connectivity index is 2.17. The minimum Gasteiger partial charge on any atom is -0.381 e. The lowest BCUT2D eigenvalue weighted by Gasteiger charge is -1.96. The number of fused-ring (bicyclic) bond motifs is 1. The van der Waals surface area contributed by atoms with E-state index < -0.39 is 0 Å². The topological polar surface area (TPSA) is 9.23 Å². The van der Waals surface area contributed by atoms with E-state index in [1.807, 2.05) is 0 Å². The molecule has 1 saturated heterocycles. The molecular weight excluding hydrogens is 88.1 g/mol. The van der Waals surface area contributed by atoms with Gasteiger partial charge in [0.15, 0.2) is 0 Å². The summed E-state index contributed by atoms with van der Waals surface area (Å²) >= 11 is 0.